The minimum Gasteiger partial charge on any atom is -0.319 e. The van der Waals surface area contributed by atoms with Gasteiger partial charge < -0.3 is 10.6 Å². The van der Waals surface area contributed by atoms with Gasteiger partial charge >= 0.3 is 12.1 Å². The number of carbonyl (C=O) groups excluding carboxylic acids is 4. The lowest BCUT2D eigenvalue weighted by Crippen LogP contribution is -2.46. The second kappa shape index (κ2) is 8.36. The van der Waals surface area contributed by atoms with Crippen molar-refractivity contribution in [2.45, 2.75) is 32.7 Å². The Bertz CT molecular complexity index is 1010. The molecule has 6 amide bonds. The van der Waals surface area contributed by atoms with E-state index in [1.54, 1.807) is 43.3 Å². The molecule has 0 saturated carbocycles. The Balaban J connectivity index is 1.66. The summed E-state index contributed by atoms with van der Waals surface area (Å²) in [6.07, 6.45) is 0.326. The summed E-state index contributed by atoms with van der Waals surface area (Å²) in [7, 11) is 0. The van der Waals surface area contributed by atoms with E-state index < -0.39 is 36.0 Å². The maximum absolute atomic E-state index is 13.0. The van der Waals surface area contributed by atoms with Gasteiger partial charge in [0.05, 0.1) is 0 Å². The zero-order chi connectivity index (χ0) is 21.9. The number of hydrogen-bond acceptors (Lipinski definition) is 4. The lowest BCUT2D eigenvalue weighted by atomic mass is 9.87. The molecule has 8 heteroatoms. The SMILES string of the molecule is CCC1(c2ccccc2)NC(=O)N(CC(=O)NC(=O)Nc2ccc(C)c(C)c2)C1=O. The van der Waals surface area contributed by atoms with E-state index >= 15 is 0 Å². The third kappa shape index (κ3) is 4.03. The molecule has 0 bridgehead atoms. The lowest BCUT2D eigenvalue weighted by molar-refractivity contribution is -0.135. The van der Waals surface area contributed by atoms with E-state index in [0.29, 0.717) is 17.7 Å². The molecule has 1 fully saturated rings. The number of hydrogen-bond donors (Lipinski definition) is 3. The number of nitrogens with zero attached hydrogens (tertiary/aromatic N) is 1. The molecule has 30 heavy (non-hydrogen) atoms. The van der Waals surface area contributed by atoms with Gasteiger partial charge in [-0.2, -0.15) is 0 Å². The van der Waals surface area contributed by atoms with Gasteiger partial charge in [-0.15, -0.1) is 0 Å². The van der Waals surface area contributed by atoms with Crippen molar-refractivity contribution in [3.63, 3.8) is 0 Å². The predicted octanol–water partition coefficient (Wildman–Crippen LogP) is 2.81. The number of rotatable bonds is 5. The minimum absolute atomic E-state index is 0.326. The molecule has 1 heterocycles. The number of aryl methyl sites for hydroxylation is 2. The second-order valence-electron chi connectivity index (χ2n) is 7.25. The Labute approximate surface area is 174 Å². The number of urea groups is 2. The second-order valence-corrected chi connectivity index (χ2v) is 7.25. The molecule has 0 aliphatic carbocycles. The standard InChI is InChI=1S/C22H24N4O4/c1-4-22(16-8-6-5-7-9-16)19(28)26(21(30)25-22)13-18(27)24-20(29)23-17-11-10-14(2)15(3)12-17/h5-12H,4,13H2,1-3H3,(H,25,30)(H2,23,24,27,29). The van der Waals surface area contributed by atoms with Crippen molar-refractivity contribution < 1.29 is 19.2 Å². The molecular weight excluding hydrogens is 384 g/mol. The number of amides is 6. The van der Waals surface area contributed by atoms with E-state index in [1.807, 2.05) is 26.0 Å². The highest BCUT2D eigenvalue weighted by Crippen LogP contribution is 2.32. The Morgan fingerprint density at radius 3 is 2.37 bits per heavy atom. The quantitative estimate of drug-likeness (QED) is 0.661. The van der Waals surface area contributed by atoms with Gasteiger partial charge in [0.1, 0.15) is 12.1 Å². The Hall–Kier alpha value is -3.68. The van der Waals surface area contributed by atoms with E-state index in [1.165, 1.54) is 0 Å². The summed E-state index contributed by atoms with van der Waals surface area (Å²) in [6.45, 7) is 5.09. The Kier molecular flexibility index (Phi) is 5.86. The Morgan fingerprint density at radius 1 is 1.03 bits per heavy atom. The highest BCUT2D eigenvalue weighted by molar-refractivity contribution is 6.11. The van der Waals surface area contributed by atoms with Crippen molar-refractivity contribution in [2.24, 2.45) is 0 Å². The maximum atomic E-state index is 13.0. The largest absolute Gasteiger partial charge is 0.325 e. The lowest BCUT2D eigenvalue weighted by Gasteiger charge is -2.25. The van der Waals surface area contributed by atoms with Gasteiger partial charge in [-0.05, 0) is 49.1 Å². The van der Waals surface area contributed by atoms with Gasteiger partial charge in [-0.3, -0.25) is 19.8 Å². The summed E-state index contributed by atoms with van der Waals surface area (Å²) in [5.41, 5.74) is 2.03. The highest BCUT2D eigenvalue weighted by atomic mass is 16.2. The molecule has 8 nitrogen and oxygen atoms in total. The number of imide groups is 2. The van der Waals surface area contributed by atoms with E-state index in [2.05, 4.69) is 16.0 Å². The fourth-order valence-corrected chi connectivity index (χ4v) is 3.42. The summed E-state index contributed by atoms with van der Waals surface area (Å²) in [4.78, 5) is 50.7. The molecule has 3 rings (SSSR count). The molecule has 1 unspecified atom stereocenters. The molecule has 0 spiro atoms. The summed E-state index contributed by atoms with van der Waals surface area (Å²) in [6, 6.07) is 12.8. The van der Waals surface area contributed by atoms with Crippen molar-refractivity contribution in [1.82, 2.24) is 15.5 Å². The van der Waals surface area contributed by atoms with E-state index in [9.17, 15) is 19.2 Å². The van der Waals surface area contributed by atoms with E-state index in [0.717, 1.165) is 16.0 Å². The monoisotopic (exact) mass is 408 g/mol. The van der Waals surface area contributed by atoms with Gasteiger partial charge in [0.25, 0.3) is 5.91 Å². The average Bonchev–Trinajstić information content (AvgIpc) is 2.96. The van der Waals surface area contributed by atoms with Gasteiger partial charge in [0.2, 0.25) is 5.91 Å². The zero-order valence-corrected chi connectivity index (χ0v) is 17.1. The molecule has 2 aromatic rings. The number of anilines is 1. The molecule has 2 aromatic carbocycles. The van der Waals surface area contributed by atoms with E-state index in [4.69, 9.17) is 0 Å². The molecular formula is C22H24N4O4. The number of carbonyl (C=O) groups is 4. The van der Waals surface area contributed by atoms with Crippen molar-refractivity contribution in [3.8, 4) is 0 Å². The third-order valence-electron chi connectivity index (χ3n) is 5.29. The first kappa shape index (κ1) is 21.0. The van der Waals surface area contributed by atoms with Gasteiger partial charge in [-0.1, -0.05) is 43.3 Å². The van der Waals surface area contributed by atoms with Crippen molar-refractivity contribution in [1.29, 1.82) is 0 Å². The van der Waals surface area contributed by atoms with Crippen LogP contribution in [0, 0.1) is 13.8 Å². The normalized spacial score (nSPS) is 18.2. The molecule has 156 valence electrons. The fourth-order valence-electron chi connectivity index (χ4n) is 3.42. The first-order valence-electron chi connectivity index (χ1n) is 9.64. The molecule has 0 aromatic heterocycles. The number of nitrogens with one attached hydrogen (secondary N) is 3. The fraction of sp³-hybridized carbons (Fsp3) is 0.273. The summed E-state index contributed by atoms with van der Waals surface area (Å²) in [5.74, 6) is -1.29. The maximum Gasteiger partial charge on any atom is 0.325 e. The molecule has 3 N–H and O–H groups in total. The zero-order valence-electron chi connectivity index (χ0n) is 17.1. The minimum atomic E-state index is -1.22. The van der Waals surface area contributed by atoms with Crippen molar-refractivity contribution in [2.75, 3.05) is 11.9 Å². The van der Waals surface area contributed by atoms with Crippen LogP contribution in [0.5, 0.6) is 0 Å². The van der Waals surface area contributed by atoms with Gasteiger partial charge in [-0.25, -0.2) is 9.59 Å². The van der Waals surface area contributed by atoms with Crippen LogP contribution >= 0.6 is 0 Å². The van der Waals surface area contributed by atoms with Crippen LogP contribution in [-0.4, -0.2) is 35.3 Å². The molecule has 1 aliphatic rings. The van der Waals surface area contributed by atoms with Crippen LogP contribution in [-0.2, 0) is 15.1 Å². The van der Waals surface area contributed by atoms with Crippen LogP contribution < -0.4 is 16.0 Å². The predicted molar refractivity (Wildman–Crippen MR) is 112 cm³/mol. The third-order valence-corrected chi connectivity index (χ3v) is 5.29. The molecule has 1 aliphatic heterocycles. The van der Waals surface area contributed by atoms with Crippen LogP contribution in [0.1, 0.15) is 30.0 Å². The van der Waals surface area contributed by atoms with Crippen molar-refractivity contribution >= 4 is 29.6 Å². The van der Waals surface area contributed by atoms with Gasteiger partial charge in [0.15, 0.2) is 0 Å². The highest BCUT2D eigenvalue weighted by Gasteiger charge is 2.51. The Morgan fingerprint density at radius 2 is 1.73 bits per heavy atom. The first-order chi connectivity index (χ1) is 14.3. The summed E-state index contributed by atoms with van der Waals surface area (Å²) < 4.78 is 0. The smallest absolute Gasteiger partial charge is 0.319 e. The number of benzene rings is 2. The van der Waals surface area contributed by atoms with Crippen LogP contribution in [0.2, 0.25) is 0 Å². The molecule has 0 radical (unpaired) electrons. The van der Waals surface area contributed by atoms with Crippen LogP contribution in [0.15, 0.2) is 48.5 Å². The topological polar surface area (TPSA) is 108 Å². The summed E-state index contributed by atoms with van der Waals surface area (Å²) in [5, 5.41) is 7.42. The molecule has 1 atom stereocenters. The average molecular weight is 408 g/mol. The van der Waals surface area contributed by atoms with Crippen LogP contribution in [0.4, 0.5) is 15.3 Å². The first-order valence-corrected chi connectivity index (χ1v) is 9.64. The summed E-state index contributed by atoms with van der Waals surface area (Å²) >= 11 is 0. The van der Waals surface area contributed by atoms with E-state index in [-0.39, 0.29) is 0 Å². The van der Waals surface area contributed by atoms with Crippen LogP contribution in [0.25, 0.3) is 0 Å². The van der Waals surface area contributed by atoms with Gasteiger partial charge in [0, 0.05) is 5.69 Å². The van der Waals surface area contributed by atoms with Crippen LogP contribution in [0.3, 0.4) is 0 Å². The van der Waals surface area contributed by atoms with Crippen molar-refractivity contribution in [3.05, 3.63) is 65.2 Å². The molecule has 1 saturated heterocycles.